The SMILES string of the molecule is CC(C)n1ncnc1-c1cn2c(n1)-c1cc([C@@H](C)N3CC(N(C)C)C3)ccc1OCC2. The molecule has 1 saturated heterocycles. The van der Waals surface area contributed by atoms with Crippen LogP contribution in [0, 0.1) is 0 Å². The summed E-state index contributed by atoms with van der Waals surface area (Å²) in [5.41, 5.74) is 3.19. The number of likely N-dealkylation sites (tertiary alicyclic amines) is 1. The zero-order chi connectivity index (χ0) is 21.7. The first-order chi connectivity index (χ1) is 14.9. The van der Waals surface area contributed by atoms with Crippen molar-refractivity contribution in [2.24, 2.45) is 0 Å². The van der Waals surface area contributed by atoms with Crippen LogP contribution < -0.4 is 4.74 Å². The standard InChI is InChI=1S/C23H31N7O/c1-15(2)30-23(24-14-25-30)20-13-28-8-9-31-21-7-6-17(10-19(21)22(28)26-20)16(3)29-11-18(12-29)27(4)5/h6-7,10,13-16,18H,8-9,11-12H2,1-5H3/t16-/m1/s1. The molecule has 1 atom stereocenters. The Morgan fingerprint density at radius 1 is 1.13 bits per heavy atom. The molecule has 2 aliphatic rings. The second kappa shape index (κ2) is 7.76. The van der Waals surface area contributed by atoms with Crippen LogP contribution in [0.25, 0.3) is 22.9 Å². The van der Waals surface area contributed by atoms with Gasteiger partial charge in [0.05, 0.1) is 12.1 Å². The summed E-state index contributed by atoms with van der Waals surface area (Å²) in [7, 11) is 4.31. The Balaban J connectivity index is 1.49. The van der Waals surface area contributed by atoms with Gasteiger partial charge in [0.1, 0.15) is 30.2 Å². The van der Waals surface area contributed by atoms with E-state index in [0.29, 0.717) is 18.7 Å². The molecular weight excluding hydrogens is 390 g/mol. The molecule has 2 aromatic heterocycles. The minimum atomic E-state index is 0.226. The molecule has 5 rings (SSSR count). The molecule has 0 N–H and O–H groups in total. The molecule has 2 aliphatic heterocycles. The molecule has 164 valence electrons. The summed E-state index contributed by atoms with van der Waals surface area (Å²) in [6, 6.07) is 7.78. The van der Waals surface area contributed by atoms with Crippen molar-refractivity contribution in [2.45, 2.75) is 45.4 Å². The number of nitrogens with zero attached hydrogens (tertiary/aromatic N) is 7. The molecule has 3 aromatic rings. The normalized spacial score (nSPS) is 17.8. The summed E-state index contributed by atoms with van der Waals surface area (Å²) >= 11 is 0. The van der Waals surface area contributed by atoms with E-state index < -0.39 is 0 Å². The van der Waals surface area contributed by atoms with Gasteiger partial charge in [-0.25, -0.2) is 14.6 Å². The molecule has 0 aliphatic carbocycles. The number of benzene rings is 1. The molecule has 0 saturated carbocycles. The van der Waals surface area contributed by atoms with E-state index in [9.17, 15) is 0 Å². The molecule has 1 fully saturated rings. The second-order valence-corrected chi connectivity index (χ2v) is 9.12. The Bertz CT molecular complexity index is 1080. The molecule has 31 heavy (non-hydrogen) atoms. The number of likely N-dealkylation sites (N-methyl/N-ethyl adjacent to an activating group) is 1. The lowest BCUT2D eigenvalue weighted by Gasteiger charge is -2.46. The van der Waals surface area contributed by atoms with Gasteiger partial charge in [-0.2, -0.15) is 5.10 Å². The summed E-state index contributed by atoms with van der Waals surface area (Å²) in [5, 5.41) is 4.37. The lowest BCUT2D eigenvalue weighted by molar-refractivity contribution is 0.0326. The zero-order valence-electron chi connectivity index (χ0n) is 19.0. The Labute approximate surface area is 183 Å². The maximum absolute atomic E-state index is 6.05. The van der Waals surface area contributed by atoms with Crippen molar-refractivity contribution in [1.29, 1.82) is 0 Å². The summed E-state index contributed by atoms with van der Waals surface area (Å²) in [6.07, 6.45) is 3.68. The Hall–Kier alpha value is -2.71. The van der Waals surface area contributed by atoms with E-state index in [4.69, 9.17) is 9.72 Å². The highest BCUT2D eigenvalue weighted by molar-refractivity contribution is 5.69. The van der Waals surface area contributed by atoms with E-state index in [1.807, 2.05) is 4.68 Å². The number of ether oxygens (including phenoxy) is 1. The number of rotatable bonds is 5. The second-order valence-electron chi connectivity index (χ2n) is 9.12. The fraction of sp³-hybridized carbons (Fsp3) is 0.522. The van der Waals surface area contributed by atoms with Gasteiger partial charge in [0, 0.05) is 37.4 Å². The van der Waals surface area contributed by atoms with Crippen molar-refractivity contribution in [2.75, 3.05) is 33.8 Å². The first kappa shape index (κ1) is 20.2. The summed E-state index contributed by atoms with van der Waals surface area (Å²) < 4.78 is 10.2. The largest absolute Gasteiger partial charge is 0.491 e. The average Bonchev–Trinajstić information content (AvgIpc) is 3.30. The molecule has 0 amide bonds. The van der Waals surface area contributed by atoms with Crippen LogP contribution >= 0.6 is 0 Å². The van der Waals surface area contributed by atoms with Gasteiger partial charge in [0.25, 0.3) is 0 Å². The van der Waals surface area contributed by atoms with Crippen LogP contribution in [0.4, 0.5) is 0 Å². The van der Waals surface area contributed by atoms with E-state index >= 15 is 0 Å². The van der Waals surface area contributed by atoms with Crippen molar-refractivity contribution in [1.82, 2.24) is 34.1 Å². The maximum Gasteiger partial charge on any atom is 0.178 e. The van der Waals surface area contributed by atoms with Gasteiger partial charge in [-0.05, 0) is 52.6 Å². The number of imidazole rings is 1. The van der Waals surface area contributed by atoms with Gasteiger partial charge in [0.2, 0.25) is 0 Å². The number of hydrogen-bond donors (Lipinski definition) is 0. The van der Waals surface area contributed by atoms with Crippen molar-refractivity contribution in [3.8, 4) is 28.7 Å². The topological polar surface area (TPSA) is 64.2 Å². The van der Waals surface area contributed by atoms with Crippen molar-refractivity contribution < 1.29 is 4.74 Å². The molecule has 0 radical (unpaired) electrons. The maximum atomic E-state index is 6.05. The first-order valence-electron chi connectivity index (χ1n) is 11.1. The molecule has 0 unspecified atom stereocenters. The van der Waals surface area contributed by atoms with Crippen LogP contribution in [-0.2, 0) is 6.54 Å². The van der Waals surface area contributed by atoms with Gasteiger partial charge in [-0.15, -0.1) is 0 Å². The molecular formula is C23H31N7O. The van der Waals surface area contributed by atoms with Crippen LogP contribution in [0.1, 0.15) is 38.4 Å². The summed E-state index contributed by atoms with van der Waals surface area (Å²) in [4.78, 5) is 14.3. The highest BCUT2D eigenvalue weighted by Crippen LogP contribution is 2.37. The Morgan fingerprint density at radius 2 is 1.94 bits per heavy atom. The van der Waals surface area contributed by atoms with E-state index in [0.717, 1.165) is 48.3 Å². The average molecular weight is 422 g/mol. The van der Waals surface area contributed by atoms with Crippen molar-refractivity contribution in [3.63, 3.8) is 0 Å². The van der Waals surface area contributed by atoms with Crippen molar-refractivity contribution in [3.05, 3.63) is 36.3 Å². The fourth-order valence-corrected chi connectivity index (χ4v) is 4.42. The third-order valence-electron chi connectivity index (χ3n) is 6.55. The lowest BCUT2D eigenvalue weighted by atomic mass is 9.98. The zero-order valence-corrected chi connectivity index (χ0v) is 19.0. The minimum Gasteiger partial charge on any atom is -0.491 e. The van der Waals surface area contributed by atoms with E-state index in [1.54, 1.807) is 6.33 Å². The summed E-state index contributed by atoms with van der Waals surface area (Å²) in [5.74, 6) is 2.63. The van der Waals surface area contributed by atoms with Gasteiger partial charge < -0.3 is 14.2 Å². The minimum absolute atomic E-state index is 0.226. The van der Waals surface area contributed by atoms with Gasteiger partial charge in [-0.1, -0.05) is 6.07 Å². The van der Waals surface area contributed by atoms with E-state index in [1.165, 1.54) is 5.56 Å². The third kappa shape index (κ3) is 3.53. The monoisotopic (exact) mass is 421 g/mol. The van der Waals surface area contributed by atoms with Crippen LogP contribution in [-0.4, -0.2) is 73.9 Å². The van der Waals surface area contributed by atoms with Gasteiger partial charge >= 0.3 is 0 Å². The predicted octanol–water partition coefficient (Wildman–Crippen LogP) is 3.09. The molecule has 4 heterocycles. The number of aromatic nitrogens is 5. The van der Waals surface area contributed by atoms with Crippen LogP contribution in [0.15, 0.2) is 30.7 Å². The molecule has 8 heteroatoms. The molecule has 8 nitrogen and oxygen atoms in total. The summed E-state index contributed by atoms with van der Waals surface area (Å²) in [6.45, 7) is 10.1. The third-order valence-corrected chi connectivity index (χ3v) is 6.55. The van der Waals surface area contributed by atoms with Crippen LogP contribution in [0.5, 0.6) is 5.75 Å². The first-order valence-corrected chi connectivity index (χ1v) is 11.1. The lowest BCUT2D eigenvalue weighted by Crippen LogP contribution is -2.57. The molecule has 0 bridgehead atoms. The van der Waals surface area contributed by atoms with Gasteiger partial charge in [-0.3, -0.25) is 4.90 Å². The van der Waals surface area contributed by atoms with Crippen molar-refractivity contribution >= 4 is 0 Å². The quantitative estimate of drug-likeness (QED) is 0.631. The Morgan fingerprint density at radius 3 is 2.68 bits per heavy atom. The van der Waals surface area contributed by atoms with Crippen LogP contribution in [0.3, 0.4) is 0 Å². The van der Waals surface area contributed by atoms with Crippen LogP contribution in [0.2, 0.25) is 0 Å². The van der Waals surface area contributed by atoms with Gasteiger partial charge in [0.15, 0.2) is 5.82 Å². The number of fused-ring (bicyclic) bond motifs is 3. The number of hydrogen-bond acceptors (Lipinski definition) is 6. The van der Waals surface area contributed by atoms with E-state index in [-0.39, 0.29) is 6.04 Å². The molecule has 0 spiro atoms. The van der Waals surface area contributed by atoms with E-state index in [2.05, 4.69) is 83.7 Å². The predicted molar refractivity (Wildman–Crippen MR) is 120 cm³/mol. The smallest absolute Gasteiger partial charge is 0.178 e. The Kier molecular flexibility index (Phi) is 5.06. The highest BCUT2D eigenvalue weighted by atomic mass is 16.5. The molecule has 1 aromatic carbocycles. The highest BCUT2D eigenvalue weighted by Gasteiger charge is 2.32. The fourth-order valence-electron chi connectivity index (χ4n) is 4.42.